The number of carbonyl (C=O) groups is 2. The summed E-state index contributed by atoms with van der Waals surface area (Å²) in [4.78, 5) is 29.1. The second kappa shape index (κ2) is 15.3. The van der Waals surface area contributed by atoms with Crippen molar-refractivity contribution < 1.29 is 22.7 Å². The van der Waals surface area contributed by atoms with Crippen molar-refractivity contribution in [2.75, 3.05) is 17.5 Å². The van der Waals surface area contributed by atoms with Gasteiger partial charge in [0.15, 0.2) is 0 Å². The first-order chi connectivity index (χ1) is 20.0. The van der Waals surface area contributed by atoms with Crippen molar-refractivity contribution in [2.24, 2.45) is 0 Å². The third kappa shape index (κ3) is 7.96. The summed E-state index contributed by atoms with van der Waals surface area (Å²) in [6.07, 6.45) is 0.973. The zero-order chi connectivity index (χ0) is 30.9. The third-order valence-electron chi connectivity index (χ3n) is 6.82. The molecule has 3 aromatic rings. The topological polar surface area (TPSA) is 96.0 Å². The van der Waals surface area contributed by atoms with E-state index in [2.05, 4.69) is 5.32 Å². The first-order valence-corrected chi connectivity index (χ1v) is 16.1. The SMILES string of the molecule is CCOc1ccccc1N(CC(=O)N(Cc1c(Cl)cccc1Cl)[C@@H](CC)C(=O)N[C@@H](C)CC)S(=O)(=O)c1ccccc1. The molecule has 0 saturated heterocycles. The molecule has 0 saturated carbocycles. The lowest BCUT2D eigenvalue weighted by Crippen LogP contribution is -2.53. The Morgan fingerprint density at radius 2 is 1.50 bits per heavy atom. The molecule has 2 amide bonds. The zero-order valence-corrected chi connectivity index (χ0v) is 26.5. The number of para-hydroxylation sites is 2. The van der Waals surface area contributed by atoms with Gasteiger partial charge in [-0.25, -0.2) is 8.42 Å². The zero-order valence-electron chi connectivity index (χ0n) is 24.2. The van der Waals surface area contributed by atoms with Crippen molar-refractivity contribution in [1.82, 2.24) is 10.2 Å². The largest absolute Gasteiger partial charge is 0.492 e. The van der Waals surface area contributed by atoms with E-state index >= 15 is 0 Å². The molecule has 11 heteroatoms. The van der Waals surface area contributed by atoms with E-state index in [0.29, 0.717) is 27.8 Å². The second-order valence-electron chi connectivity index (χ2n) is 9.69. The van der Waals surface area contributed by atoms with Crippen LogP contribution in [0.15, 0.2) is 77.7 Å². The predicted molar refractivity (Wildman–Crippen MR) is 168 cm³/mol. The number of rotatable bonds is 14. The van der Waals surface area contributed by atoms with Gasteiger partial charge in [0.2, 0.25) is 11.8 Å². The Balaban J connectivity index is 2.14. The van der Waals surface area contributed by atoms with Crippen molar-refractivity contribution in [3.05, 3.63) is 88.4 Å². The Bertz CT molecular complexity index is 1450. The number of nitrogens with zero attached hydrogens (tertiary/aromatic N) is 2. The van der Waals surface area contributed by atoms with Gasteiger partial charge in [-0.2, -0.15) is 0 Å². The Labute approximate surface area is 258 Å². The van der Waals surface area contributed by atoms with Crippen LogP contribution in [0.5, 0.6) is 5.75 Å². The lowest BCUT2D eigenvalue weighted by Gasteiger charge is -2.34. The molecule has 1 N–H and O–H groups in total. The number of carbonyl (C=O) groups excluding carboxylic acids is 2. The van der Waals surface area contributed by atoms with Gasteiger partial charge in [0.1, 0.15) is 18.3 Å². The maximum absolute atomic E-state index is 14.3. The van der Waals surface area contributed by atoms with Crippen molar-refractivity contribution in [3.63, 3.8) is 0 Å². The highest BCUT2D eigenvalue weighted by molar-refractivity contribution is 7.92. The number of hydrogen-bond acceptors (Lipinski definition) is 5. The maximum Gasteiger partial charge on any atom is 0.264 e. The molecule has 0 aliphatic rings. The van der Waals surface area contributed by atoms with E-state index in [1.807, 2.05) is 13.8 Å². The van der Waals surface area contributed by atoms with Gasteiger partial charge in [0.05, 0.1) is 17.2 Å². The Hall–Kier alpha value is -3.27. The molecule has 3 aromatic carbocycles. The summed E-state index contributed by atoms with van der Waals surface area (Å²) in [6.45, 7) is 6.98. The molecule has 0 heterocycles. The molecule has 0 aromatic heterocycles. The van der Waals surface area contributed by atoms with Crippen molar-refractivity contribution in [1.29, 1.82) is 0 Å². The molecule has 0 fully saturated rings. The van der Waals surface area contributed by atoms with Gasteiger partial charge in [0.25, 0.3) is 10.0 Å². The second-order valence-corrected chi connectivity index (χ2v) is 12.4. The molecule has 0 radical (unpaired) electrons. The average Bonchev–Trinajstić information content (AvgIpc) is 2.98. The fourth-order valence-corrected chi connectivity index (χ4v) is 6.35. The van der Waals surface area contributed by atoms with Crippen LogP contribution in [-0.4, -0.2) is 50.4 Å². The number of amides is 2. The third-order valence-corrected chi connectivity index (χ3v) is 9.30. The summed E-state index contributed by atoms with van der Waals surface area (Å²) < 4.78 is 34.9. The molecular formula is C31H37Cl2N3O5S. The molecule has 2 atom stereocenters. The van der Waals surface area contributed by atoms with E-state index in [-0.39, 0.29) is 42.1 Å². The molecule has 226 valence electrons. The molecular weight excluding hydrogens is 597 g/mol. The van der Waals surface area contributed by atoms with Crippen LogP contribution in [0, 0.1) is 0 Å². The highest BCUT2D eigenvalue weighted by Gasteiger charge is 2.35. The normalized spacial score (nSPS) is 12.7. The molecule has 42 heavy (non-hydrogen) atoms. The van der Waals surface area contributed by atoms with Crippen molar-refractivity contribution in [3.8, 4) is 5.75 Å². The summed E-state index contributed by atoms with van der Waals surface area (Å²) in [5, 5.41) is 3.60. The smallest absolute Gasteiger partial charge is 0.264 e. The van der Waals surface area contributed by atoms with Crippen LogP contribution in [0.4, 0.5) is 5.69 Å². The van der Waals surface area contributed by atoms with Crippen molar-refractivity contribution in [2.45, 2.75) is 64.1 Å². The summed E-state index contributed by atoms with van der Waals surface area (Å²) in [5.74, 6) is -0.659. The number of halogens is 2. The van der Waals surface area contributed by atoms with Gasteiger partial charge in [-0.15, -0.1) is 0 Å². The number of ether oxygens (including phenoxy) is 1. The number of hydrogen-bond donors (Lipinski definition) is 1. The van der Waals surface area contributed by atoms with Crippen LogP contribution in [-0.2, 0) is 26.2 Å². The minimum Gasteiger partial charge on any atom is -0.492 e. The molecule has 0 aliphatic heterocycles. The molecule has 8 nitrogen and oxygen atoms in total. The lowest BCUT2D eigenvalue weighted by atomic mass is 10.1. The average molecular weight is 635 g/mol. The standard InChI is InChI=1S/C31H37Cl2N3O5S/c1-5-22(4)34-31(38)27(6-2)35(20-24-25(32)16-13-17-26(24)33)30(37)21-36(28-18-11-12-19-29(28)41-7-3)42(39,40)23-14-9-8-10-15-23/h8-19,22,27H,5-7,20-21H2,1-4H3,(H,34,38)/t22-,27-/m0/s1. The molecule has 0 bridgehead atoms. The van der Waals surface area contributed by atoms with E-state index in [0.717, 1.165) is 4.31 Å². The van der Waals surface area contributed by atoms with Crippen LogP contribution in [0.1, 0.15) is 46.1 Å². The van der Waals surface area contributed by atoms with Gasteiger partial charge in [-0.3, -0.25) is 13.9 Å². The van der Waals surface area contributed by atoms with Crippen LogP contribution in [0.2, 0.25) is 10.0 Å². The fourth-order valence-electron chi connectivity index (χ4n) is 4.39. The van der Waals surface area contributed by atoms with E-state index in [1.54, 1.807) is 74.5 Å². The van der Waals surface area contributed by atoms with Crippen LogP contribution < -0.4 is 14.4 Å². The first-order valence-electron chi connectivity index (χ1n) is 13.9. The highest BCUT2D eigenvalue weighted by Crippen LogP contribution is 2.33. The molecule has 0 spiro atoms. The molecule has 0 unspecified atom stereocenters. The Morgan fingerprint density at radius 1 is 0.881 bits per heavy atom. The number of sulfonamides is 1. The Morgan fingerprint density at radius 3 is 2.10 bits per heavy atom. The van der Waals surface area contributed by atoms with Crippen LogP contribution in [0.25, 0.3) is 0 Å². The number of anilines is 1. The minimum atomic E-state index is -4.24. The van der Waals surface area contributed by atoms with Crippen LogP contribution >= 0.6 is 23.2 Å². The highest BCUT2D eigenvalue weighted by atomic mass is 35.5. The van der Waals surface area contributed by atoms with Crippen LogP contribution in [0.3, 0.4) is 0 Å². The van der Waals surface area contributed by atoms with Crippen molar-refractivity contribution >= 4 is 50.7 Å². The Kier molecular flexibility index (Phi) is 12.1. The lowest BCUT2D eigenvalue weighted by molar-refractivity contribution is -0.140. The summed E-state index contributed by atoms with van der Waals surface area (Å²) in [5.41, 5.74) is 0.653. The van der Waals surface area contributed by atoms with E-state index in [4.69, 9.17) is 27.9 Å². The maximum atomic E-state index is 14.3. The quantitative estimate of drug-likeness (QED) is 0.224. The summed E-state index contributed by atoms with van der Waals surface area (Å²) in [7, 11) is -4.24. The van der Waals surface area contributed by atoms with Gasteiger partial charge >= 0.3 is 0 Å². The minimum absolute atomic E-state index is 0.00588. The van der Waals surface area contributed by atoms with Gasteiger partial charge in [-0.05, 0) is 63.1 Å². The van der Waals surface area contributed by atoms with E-state index in [1.165, 1.54) is 17.0 Å². The van der Waals surface area contributed by atoms with Gasteiger partial charge in [0, 0.05) is 28.2 Å². The van der Waals surface area contributed by atoms with Gasteiger partial charge in [-0.1, -0.05) is 73.4 Å². The van der Waals surface area contributed by atoms with E-state index < -0.39 is 28.5 Å². The number of benzene rings is 3. The van der Waals surface area contributed by atoms with Gasteiger partial charge < -0.3 is 15.0 Å². The number of nitrogens with one attached hydrogen (secondary N) is 1. The molecule has 3 rings (SSSR count). The summed E-state index contributed by atoms with van der Waals surface area (Å²) >= 11 is 13.0. The monoisotopic (exact) mass is 633 g/mol. The first kappa shape index (κ1) is 33.2. The fraction of sp³-hybridized carbons (Fsp3) is 0.355. The summed E-state index contributed by atoms with van der Waals surface area (Å²) in [6, 6.07) is 18.4. The van der Waals surface area contributed by atoms with E-state index in [9.17, 15) is 18.0 Å². The predicted octanol–water partition coefficient (Wildman–Crippen LogP) is 6.31. The molecule has 0 aliphatic carbocycles.